The van der Waals surface area contributed by atoms with Gasteiger partial charge in [-0.2, -0.15) is 0 Å². The lowest BCUT2D eigenvalue weighted by molar-refractivity contribution is -0.136. The smallest absolute Gasteiger partial charge is 0.236 e. The fourth-order valence-corrected chi connectivity index (χ4v) is 3.41. The van der Waals surface area contributed by atoms with E-state index in [1.165, 1.54) is 19.3 Å². The van der Waals surface area contributed by atoms with Crippen LogP contribution in [-0.2, 0) is 4.79 Å². The fourth-order valence-electron chi connectivity index (χ4n) is 3.41. The Labute approximate surface area is 117 Å². The number of hydrogen-bond acceptors (Lipinski definition) is 3. The lowest BCUT2D eigenvalue weighted by Crippen LogP contribution is -2.51. The standard InChI is InChI=1S/C15H29N3O/c1-12-6-7-14(9-16)10-17(12)11-15(19)18-8-4-3-5-13(18)2/h12-14H,3-11,16H2,1-2H3. The van der Waals surface area contributed by atoms with E-state index in [2.05, 4.69) is 23.6 Å². The SMILES string of the molecule is CC1CCC(CN)CN1CC(=O)N1CCCCC1C. The van der Waals surface area contributed by atoms with Crippen molar-refractivity contribution >= 4 is 5.91 Å². The molecule has 0 saturated carbocycles. The Morgan fingerprint density at radius 2 is 1.95 bits per heavy atom. The first-order chi connectivity index (χ1) is 9.11. The molecule has 2 fully saturated rings. The van der Waals surface area contributed by atoms with Gasteiger partial charge in [-0.15, -0.1) is 0 Å². The van der Waals surface area contributed by atoms with Crippen molar-refractivity contribution in [2.45, 2.75) is 58.0 Å². The second-order valence-electron chi connectivity index (χ2n) is 6.39. The molecule has 2 rings (SSSR count). The molecule has 0 aromatic heterocycles. The zero-order valence-electron chi connectivity index (χ0n) is 12.5. The maximum absolute atomic E-state index is 12.5. The molecule has 2 N–H and O–H groups in total. The highest BCUT2D eigenvalue weighted by molar-refractivity contribution is 5.78. The highest BCUT2D eigenvalue weighted by Crippen LogP contribution is 2.22. The van der Waals surface area contributed by atoms with E-state index in [-0.39, 0.29) is 0 Å². The lowest BCUT2D eigenvalue weighted by Gasteiger charge is -2.40. The Kier molecular flexibility index (Phi) is 5.22. The van der Waals surface area contributed by atoms with Gasteiger partial charge in [0.1, 0.15) is 0 Å². The van der Waals surface area contributed by atoms with Gasteiger partial charge in [0.25, 0.3) is 0 Å². The maximum atomic E-state index is 12.5. The molecule has 0 spiro atoms. The molecule has 3 atom stereocenters. The van der Waals surface area contributed by atoms with Crippen molar-refractivity contribution in [3.8, 4) is 0 Å². The van der Waals surface area contributed by atoms with E-state index < -0.39 is 0 Å². The molecule has 4 nitrogen and oxygen atoms in total. The van der Waals surface area contributed by atoms with Crippen LogP contribution < -0.4 is 5.73 Å². The van der Waals surface area contributed by atoms with E-state index in [1.54, 1.807) is 0 Å². The summed E-state index contributed by atoms with van der Waals surface area (Å²) in [5.41, 5.74) is 5.78. The van der Waals surface area contributed by atoms with Gasteiger partial charge in [-0.25, -0.2) is 0 Å². The monoisotopic (exact) mass is 267 g/mol. The summed E-state index contributed by atoms with van der Waals surface area (Å²) in [6, 6.07) is 0.943. The van der Waals surface area contributed by atoms with Crippen molar-refractivity contribution in [3.05, 3.63) is 0 Å². The van der Waals surface area contributed by atoms with Crippen LogP contribution in [0.4, 0.5) is 0 Å². The average Bonchev–Trinajstić information content (AvgIpc) is 2.41. The van der Waals surface area contributed by atoms with Crippen LogP contribution in [0.2, 0.25) is 0 Å². The fraction of sp³-hybridized carbons (Fsp3) is 0.933. The zero-order valence-corrected chi connectivity index (χ0v) is 12.5. The van der Waals surface area contributed by atoms with Gasteiger partial charge in [-0.3, -0.25) is 9.69 Å². The molecular weight excluding hydrogens is 238 g/mol. The second kappa shape index (κ2) is 6.71. The van der Waals surface area contributed by atoms with Gasteiger partial charge in [0.05, 0.1) is 6.54 Å². The van der Waals surface area contributed by atoms with Crippen molar-refractivity contribution in [2.75, 3.05) is 26.2 Å². The van der Waals surface area contributed by atoms with Gasteiger partial charge in [0.15, 0.2) is 0 Å². The number of hydrogen-bond donors (Lipinski definition) is 1. The number of carbonyl (C=O) groups excluding carboxylic acids is 1. The molecule has 2 heterocycles. The summed E-state index contributed by atoms with van der Waals surface area (Å²) in [4.78, 5) is 16.9. The third kappa shape index (κ3) is 3.69. The summed E-state index contributed by atoms with van der Waals surface area (Å²) in [5.74, 6) is 0.888. The maximum Gasteiger partial charge on any atom is 0.236 e. The molecule has 2 saturated heterocycles. The molecule has 0 bridgehead atoms. The molecule has 110 valence electrons. The molecule has 3 unspecified atom stereocenters. The van der Waals surface area contributed by atoms with Crippen molar-refractivity contribution < 1.29 is 4.79 Å². The minimum absolute atomic E-state index is 0.316. The van der Waals surface area contributed by atoms with Crippen LogP contribution in [0.3, 0.4) is 0 Å². The van der Waals surface area contributed by atoms with E-state index in [0.717, 1.165) is 32.5 Å². The van der Waals surface area contributed by atoms with Crippen LogP contribution in [0.1, 0.15) is 46.0 Å². The quantitative estimate of drug-likeness (QED) is 0.842. The Hall–Kier alpha value is -0.610. The van der Waals surface area contributed by atoms with E-state index in [0.29, 0.717) is 30.5 Å². The van der Waals surface area contributed by atoms with Gasteiger partial charge < -0.3 is 10.6 Å². The number of rotatable bonds is 3. The summed E-state index contributed by atoms with van der Waals surface area (Å²) in [6.45, 7) is 7.69. The molecule has 19 heavy (non-hydrogen) atoms. The summed E-state index contributed by atoms with van der Waals surface area (Å²) in [7, 11) is 0. The first kappa shape index (κ1) is 14.8. The molecular formula is C15H29N3O. The summed E-state index contributed by atoms with van der Waals surface area (Å²) >= 11 is 0. The van der Waals surface area contributed by atoms with E-state index >= 15 is 0 Å². The highest BCUT2D eigenvalue weighted by atomic mass is 16.2. The minimum Gasteiger partial charge on any atom is -0.339 e. The number of carbonyl (C=O) groups is 1. The van der Waals surface area contributed by atoms with Crippen molar-refractivity contribution in [1.82, 2.24) is 9.80 Å². The number of nitrogens with two attached hydrogens (primary N) is 1. The normalized spacial score (nSPS) is 33.4. The van der Waals surface area contributed by atoms with Crippen molar-refractivity contribution in [1.29, 1.82) is 0 Å². The Bertz CT molecular complexity index is 308. The Balaban J connectivity index is 1.89. The van der Waals surface area contributed by atoms with Gasteiger partial charge in [-0.1, -0.05) is 0 Å². The third-order valence-electron chi connectivity index (χ3n) is 4.90. The van der Waals surface area contributed by atoms with E-state index in [9.17, 15) is 4.79 Å². The number of piperidine rings is 2. The zero-order chi connectivity index (χ0) is 13.8. The van der Waals surface area contributed by atoms with Crippen molar-refractivity contribution in [3.63, 3.8) is 0 Å². The molecule has 0 radical (unpaired) electrons. The van der Waals surface area contributed by atoms with E-state index in [1.807, 2.05) is 0 Å². The number of likely N-dealkylation sites (tertiary alicyclic amines) is 2. The second-order valence-corrected chi connectivity index (χ2v) is 6.39. The van der Waals surface area contributed by atoms with Crippen LogP contribution in [0, 0.1) is 5.92 Å². The predicted octanol–water partition coefficient (Wildman–Crippen LogP) is 1.45. The number of amides is 1. The third-order valence-corrected chi connectivity index (χ3v) is 4.90. The largest absolute Gasteiger partial charge is 0.339 e. The molecule has 2 aliphatic rings. The molecule has 1 amide bonds. The first-order valence-corrected chi connectivity index (χ1v) is 7.85. The molecule has 0 aromatic carbocycles. The Morgan fingerprint density at radius 1 is 1.16 bits per heavy atom. The van der Waals surface area contributed by atoms with Crippen LogP contribution in [-0.4, -0.2) is 54.0 Å². The Morgan fingerprint density at radius 3 is 2.63 bits per heavy atom. The molecule has 0 aromatic rings. The average molecular weight is 267 g/mol. The molecule has 4 heteroatoms. The predicted molar refractivity (Wildman–Crippen MR) is 77.8 cm³/mol. The first-order valence-electron chi connectivity index (χ1n) is 7.85. The summed E-state index contributed by atoms with van der Waals surface area (Å²) in [6.07, 6.45) is 5.97. The van der Waals surface area contributed by atoms with Gasteiger partial charge in [-0.05, 0) is 58.4 Å². The van der Waals surface area contributed by atoms with Crippen LogP contribution in [0.5, 0.6) is 0 Å². The highest BCUT2D eigenvalue weighted by Gasteiger charge is 2.29. The van der Waals surface area contributed by atoms with Crippen LogP contribution >= 0.6 is 0 Å². The van der Waals surface area contributed by atoms with Gasteiger partial charge in [0, 0.05) is 25.2 Å². The van der Waals surface area contributed by atoms with Crippen LogP contribution in [0.15, 0.2) is 0 Å². The minimum atomic E-state index is 0.316. The summed E-state index contributed by atoms with van der Waals surface area (Å²) < 4.78 is 0. The van der Waals surface area contributed by atoms with Gasteiger partial charge in [0.2, 0.25) is 5.91 Å². The summed E-state index contributed by atoms with van der Waals surface area (Å²) in [5, 5.41) is 0. The van der Waals surface area contributed by atoms with E-state index in [4.69, 9.17) is 5.73 Å². The lowest BCUT2D eigenvalue weighted by atomic mass is 9.93. The number of nitrogens with zero attached hydrogens (tertiary/aromatic N) is 2. The van der Waals surface area contributed by atoms with Gasteiger partial charge >= 0.3 is 0 Å². The molecule has 2 aliphatic heterocycles. The topological polar surface area (TPSA) is 49.6 Å². The van der Waals surface area contributed by atoms with Crippen molar-refractivity contribution in [2.24, 2.45) is 11.7 Å². The molecule has 0 aliphatic carbocycles. The van der Waals surface area contributed by atoms with Crippen LogP contribution in [0.25, 0.3) is 0 Å².